The maximum absolute atomic E-state index is 11.7. The molecule has 0 saturated carbocycles. The van der Waals surface area contributed by atoms with Gasteiger partial charge in [-0.3, -0.25) is 0 Å². The molecule has 4 heteroatoms. The highest BCUT2D eigenvalue weighted by atomic mass is 19.2. The highest BCUT2D eigenvalue weighted by Gasteiger charge is 2.17. The maximum atomic E-state index is 11.7. The fourth-order valence-corrected chi connectivity index (χ4v) is 0.525. The summed E-state index contributed by atoms with van der Waals surface area (Å²) in [7, 11) is 0. The van der Waals surface area contributed by atoms with Gasteiger partial charge < -0.3 is 0 Å². The zero-order valence-corrected chi connectivity index (χ0v) is 3.77. The predicted octanol–water partition coefficient (Wildman–Crippen LogP) is 0.331. The van der Waals surface area contributed by atoms with E-state index in [1.807, 2.05) is 0 Å². The first-order valence-corrected chi connectivity index (χ1v) is 2.10. The van der Waals surface area contributed by atoms with E-state index in [1.165, 1.54) is 0 Å². The van der Waals surface area contributed by atoms with E-state index in [9.17, 15) is 8.96 Å². The summed E-state index contributed by atoms with van der Waals surface area (Å²) in [6, 6.07) is 0. The Balaban J connectivity index is 2.26. The van der Waals surface area contributed by atoms with Crippen molar-refractivity contribution < 1.29 is 8.96 Å². The molecular weight excluding hydrogens is 102 g/mol. The first-order chi connectivity index (χ1) is 3.29. The second kappa shape index (κ2) is 1.71. The minimum atomic E-state index is -0.194. The van der Waals surface area contributed by atoms with Crippen LogP contribution in [-0.2, 0) is 0 Å². The molecule has 0 N–H and O–H groups in total. The van der Waals surface area contributed by atoms with Crippen molar-refractivity contribution in [2.24, 2.45) is 0 Å². The molecule has 0 bridgehead atoms. The average Bonchev–Trinajstić information content (AvgIpc) is 1.87. The molecule has 0 aromatic rings. The Morgan fingerprint density at radius 2 is 1.43 bits per heavy atom. The molecule has 0 aromatic heterocycles. The van der Waals surface area contributed by atoms with Gasteiger partial charge in [0.2, 0.25) is 0 Å². The van der Waals surface area contributed by atoms with Gasteiger partial charge in [0.25, 0.3) is 0 Å². The SMILES string of the molecule is FN1CCN(F)C1. The van der Waals surface area contributed by atoms with E-state index < -0.39 is 0 Å². The lowest BCUT2D eigenvalue weighted by molar-refractivity contribution is -0.0256. The quantitative estimate of drug-likeness (QED) is 0.412. The molecular formula is C3H6F2N2. The van der Waals surface area contributed by atoms with Crippen LogP contribution in [0, 0.1) is 0 Å². The Bertz CT molecular complexity index is 60.0. The van der Waals surface area contributed by atoms with E-state index in [1.54, 1.807) is 0 Å². The summed E-state index contributed by atoms with van der Waals surface area (Å²) in [5, 5.41) is 0.861. The van der Waals surface area contributed by atoms with Crippen LogP contribution in [0.2, 0.25) is 0 Å². The number of nitrogens with zero attached hydrogens (tertiary/aromatic N) is 2. The Morgan fingerprint density at radius 1 is 1.00 bits per heavy atom. The van der Waals surface area contributed by atoms with Crippen LogP contribution in [0.5, 0.6) is 0 Å². The van der Waals surface area contributed by atoms with Gasteiger partial charge >= 0.3 is 0 Å². The lowest BCUT2D eigenvalue weighted by atomic mass is 10.7. The summed E-state index contributed by atoms with van der Waals surface area (Å²) in [5.41, 5.74) is 0. The standard InChI is InChI=1S/C3H6F2N2/c4-6-1-2-7(5)3-6/h1-3H2. The number of hydrogen-bond acceptors (Lipinski definition) is 2. The van der Waals surface area contributed by atoms with Crippen LogP contribution >= 0.6 is 0 Å². The number of rotatable bonds is 0. The highest BCUT2D eigenvalue weighted by molar-refractivity contribution is 4.54. The molecule has 0 aromatic carbocycles. The minimum Gasteiger partial charge on any atom is -0.133 e. The van der Waals surface area contributed by atoms with Crippen molar-refractivity contribution in [2.75, 3.05) is 19.8 Å². The summed E-state index contributed by atoms with van der Waals surface area (Å²) in [6.45, 7) is 0.188. The maximum Gasteiger partial charge on any atom is 0.110 e. The summed E-state index contributed by atoms with van der Waals surface area (Å²) in [6.07, 6.45) is 0. The van der Waals surface area contributed by atoms with Crippen molar-refractivity contribution in [2.45, 2.75) is 0 Å². The van der Waals surface area contributed by atoms with Crippen LogP contribution in [0.4, 0.5) is 8.96 Å². The van der Waals surface area contributed by atoms with Crippen LogP contribution in [-0.4, -0.2) is 30.0 Å². The molecule has 0 aliphatic carbocycles. The summed E-state index contributed by atoms with van der Waals surface area (Å²) in [5.74, 6) is 0. The van der Waals surface area contributed by atoms with Crippen molar-refractivity contribution in [3.05, 3.63) is 0 Å². The van der Waals surface area contributed by atoms with Gasteiger partial charge in [0.1, 0.15) is 6.67 Å². The van der Waals surface area contributed by atoms with Crippen LogP contribution in [0.15, 0.2) is 0 Å². The molecule has 1 saturated heterocycles. The molecule has 1 heterocycles. The molecule has 2 nitrogen and oxygen atoms in total. The highest BCUT2D eigenvalue weighted by Crippen LogP contribution is 2.02. The normalized spacial score (nSPS) is 26.6. The summed E-state index contributed by atoms with van der Waals surface area (Å²) < 4.78 is 23.5. The molecule has 1 aliphatic heterocycles. The molecule has 0 atom stereocenters. The van der Waals surface area contributed by atoms with E-state index in [0.717, 1.165) is 0 Å². The number of halogens is 2. The Kier molecular flexibility index (Phi) is 1.21. The third-order valence-corrected chi connectivity index (χ3v) is 0.892. The minimum absolute atomic E-state index is 0.191. The Morgan fingerprint density at radius 3 is 1.57 bits per heavy atom. The Labute approximate surface area is 40.2 Å². The molecule has 42 valence electrons. The average molecular weight is 108 g/mol. The molecule has 0 spiro atoms. The fraction of sp³-hybridized carbons (Fsp3) is 1.00. The lowest BCUT2D eigenvalue weighted by Crippen LogP contribution is -2.11. The van der Waals surface area contributed by atoms with Crippen molar-refractivity contribution in [3.63, 3.8) is 0 Å². The Hall–Kier alpha value is -0.220. The van der Waals surface area contributed by atoms with Gasteiger partial charge in [0, 0.05) is 13.1 Å². The molecule has 0 unspecified atom stereocenters. The second-order valence-electron chi connectivity index (χ2n) is 1.51. The smallest absolute Gasteiger partial charge is 0.110 e. The molecule has 1 fully saturated rings. The van der Waals surface area contributed by atoms with Crippen LogP contribution in [0.25, 0.3) is 0 Å². The van der Waals surface area contributed by atoms with Crippen molar-refractivity contribution >= 4 is 0 Å². The van der Waals surface area contributed by atoms with Gasteiger partial charge in [-0.25, -0.2) is 0 Å². The monoisotopic (exact) mass is 108 g/mol. The van der Waals surface area contributed by atoms with Gasteiger partial charge in [-0.2, -0.15) is 0 Å². The first-order valence-electron chi connectivity index (χ1n) is 2.10. The molecule has 0 radical (unpaired) electrons. The largest absolute Gasteiger partial charge is 0.133 e. The molecule has 7 heavy (non-hydrogen) atoms. The second-order valence-corrected chi connectivity index (χ2v) is 1.51. The summed E-state index contributed by atoms with van der Waals surface area (Å²) >= 11 is 0. The van der Waals surface area contributed by atoms with Crippen LogP contribution in [0.1, 0.15) is 0 Å². The first kappa shape index (κ1) is 4.93. The van der Waals surface area contributed by atoms with E-state index in [-0.39, 0.29) is 19.8 Å². The third kappa shape index (κ3) is 1.07. The summed E-state index contributed by atoms with van der Waals surface area (Å²) in [4.78, 5) is 0. The van der Waals surface area contributed by atoms with Gasteiger partial charge in [0.15, 0.2) is 0 Å². The van der Waals surface area contributed by atoms with Crippen LogP contribution < -0.4 is 0 Å². The van der Waals surface area contributed by atoms with E-state index >= 15 is 0 Å². The van der Waals surface area contributed by atoms with Crippen LogP contribution in [0.3, 0.4) is 0 Å². The molecule has 1 rings (SSSR count). The van der Waals surface area contributed by atoms with Gasteiger partial charge in [0.05, 0.1) is 0 Å². The zero-order valence-electron chi connectivity index (χ0n) is 3.77. The van der Waals surface area contributed by atoms with E-state index in [0.29, 0.717) is 10.2 Å². The topological polar surface area (TPSA) is 6.48 Å². The lowest BCUT2D eigenvalue weighted by Gasteiger charge is -1.97. The fourth-order valence-electron chi connectivity index (χ4n) is 0.525. The molecule has 0 amide bonds. The van der Waals surface area contributed by atoms with E-state index in [4.69, 9.17) is 0 Å². The van der Waals surface area contributed by atoms with Crippen molar-refractivity contribution in [3.8, 4) is 0 Å². The van der Waals surface area contributed by atoms with Gasteiger partial charge in [-0.1, -0.05) is 0 Å². The zero-order chi connectivity index (χ0) is 5.28. The number of hydrogen-bond donors (Lipinski definition) is 0. The van der Waals surface area contributed by atoms with Gasteiger partial charge in [-0.15, -0.1) is 19.2 Å². The molecule has 1 aliphatic rings. The third-order valence-electron chi connectivity index (χ3n) is 0.892. The van der Waals surface area contributed by atoms with Crippen molar-refractivity contribution in [1.29, 1.82) is 0 Å². The van der Waals surface area contributed by atoms with Crippen molar-refractivity contribution in [1.82, 2.24) is 10.2 Å². The predicted molar refractivity (Wildman–Crippen MR) is 20.5 cm³/mol. The van der Waals surface area contributed by atoms with Gasteiger partial charge in [-0.05, 0) is 0 Å². The van der Waals surface area contributed by atoms with E-state index in [2.05, 4.69) is 0 Å².